The second-order valence-electron chi connectivity index (χ2n) is 8.36. The standard InChI is InChI=1S/C23H26ClNO4S/c1-16-5-2-10-21(24)22(16)30(27,28)29-20-9-3-6-18(13-20)15-25(14-17-11-12-17)23(26)19-7-4-8-19/h2-3,5-6,9-10,13,17,19H,4,7-8,11-12,14-15H2,1H3. The summed E-state index contributed by atoms with van der Waals surface area (Å²) in [6, 6.07) is 11.9. The number of benzene rings is 2. The van der Waals surface area contributed by atoms with Gasteiger partial charge in [-0.1, -0.05) is 42.3 Å². The lowest BCUT2D eigenvalue weighted by Gasteiger charge is -2.32. The van der Waals surface area contributed by atoms with Crippen LogP contribution in [0.2, 0.25) is 5.02 Å². The van der Waals surface area contributed by atoms with E-state index in [4.69, 9.17) is 15.8 Å². The Kier molecular flexibility index (Phi) is 6.07. The minimum atomic E-state index is -4.07. The Bertz CT molecular complexity index is 1020. The Morgan fingerprint density at radius 2 is 1.87 bits per heavy atom. The summed E-state index contributed by atoms with van der Waals surface area (Å²) < 4.78 is 31.0. The van der Waals surface area contributed by atoms with Gasteiger partial charge in [-0.25, -0.2) is 0 Å². The van der Waals surface area contributed by atoms with Crippen LogP contribution >= 0.6 is 11.6 Å². The highest BCUT2D eigenvalue weighted by Gasteiger charge is 2.33. The largest absolute Gasteiger partial charge is 0.379 e. The SMILES string of the molecule is Cc1cccc(Cl)c1S(=O)(=O)Oc1cccc(CN(CC2CC2)C(=O)C2CCC2)c1. The van der Waals surface area contributed by atoms with Crippen molar-refractivity contribution in [2.75, 3.05) is 6.54 Å². The summed E-state index contributed by atoms with van der Waals surface area (Å²) in [6.07, 6.45) is 5.41. The molecule has 0 N–H and O–H groups in total. The van der Waals surface area contributed by atoms with Crippen molar-refractivity contribution in [2.24, 2.45) is 11.8 Å². The summed E-state index contributed by atoms with van der Waals surface area (Å²) in [4.78, 5) is 14.8. The molecule has 4 rings (SSSR count). The molecule has 0 spiro atoms. The van der Waals surface area contributed by atoms with Crippen LogP contribution in [0.15, 0.2) is 47.4 Å². The lowest BCUT2D eigenvalue weighted by molar-refractivity contribution is -0.139. The molecule has 2 aromatic rings. The molecule has 5 nitrogen and oxygen atoms in total. The molecular formula is C23H26ClNO4S. The van der Waals surface area contributed by atoms with Crippen molar-refractivity contribution < 1.29 is 17.4 Å². The summed E-state index contributed by atoms with van der Waals surface area (Å²) in [7, 11) is -4.07. The van der Waals surface area contributed by atoms with Crippen molar-refractivity contribution in [3.8, 4) is 5.75 Å². The zero-order chi connectivity index (χ0) is 21.3. The first-order chi connectivity index (χ1) is 14.3. The fourth-order valence-corrected chi connectivity index (χ4v) is 5.49. The molecule has 7 heteroatoms. The maximum Gasteiger partial charge on any atom is 0.340 e. The van der Waals surface area contributed by atoms with Gasteiger partial charge in [0.1, 0.15) is 10.6 Å². The normalized spacial score (nSPS) is 16.7. The highest BCUT2D eigenvalue weighted by molar-refractivity contribution is 7.87. The molecule has 0 bridgehead atoms. The third-order valence-electron chi connectivity index (χ3n) is 5.83. The molecule has 0 saturated heterocycles. The number of amides is 1. The number of halogens is 1. The van der Waals surface area contributed by atoms with E-state index in [1.54, 1.807) is 37.3 Å². The fraction of sp³-hybridized carbons (Fsp3) is 0.435. The second-order valence-corrected chi connectivity index (χ2v) is 10.3. The molecular weight excluding hydrogens is 422 g/mol. The Hall–Kier alpha value is -2.05. The van der Waals surface area contributed by atoms with Crippen LogP contribution in [0.4, 0.5) is 0 Å². The Morgan fingerprint density at radius 3 is 2.50 bits per heavy atom. The van der Waals surface area contributed by atoms with Crippen molar-refractivity contribution >= 4 is 27.6 Å². The molecule has 1 amide bonds. The van der Waals surface area contributed by atoms with Crippen LogP contribution in [0.25, 0.3) is 0 Å². The number of aryl methyl sites for hydroxylation is 1. The molecule has 2 saturated carbocycles. The molecule has 0 aliphatic heterocycles. The van der Waals surface area contributed by atoms with Crippen LogP contribution in [0.3, 0.4) is 0 Å². The third-order valence-corrected chi connectivity index (χ3v) is 7.71. The van der Waals surface area contributed by atoms with E-state index in [9.17, 15) is 13.2 Å². The first-order valence-corrected chi connectivity index (χ1v) is 12.2. The predicted molar refractivity (Wildman–Crippen MR) is 116 cm³/mol. The Labute approximate surface area is 183 Å². The summed E-state index contributed by atoms with van der Waals surface area (Å²) in [5.41, 5.74) is 1.38. The van der Waals surface area contributed by atoms with Gasteiger partial charge >= 0.3 is 10.1 Å². The number of nitrogens with zero attached hydrogens (tertiary/aromatic N) is 1. The average Bonchev–Trinajstić information content (AvgIpc) is 3.43. The van der Waals surface area contributed by atoms with E-state index in [0.29, 0.717) is 18.0 Å². The molecule has 0 aromatic heterocycles. The highest BCUT2D eigenvalue weighted by Crippen LogP contribution is 2.34. The summed E-state index contributed by atoms with van der Waals surface area (Å²) >= 11 is 6.12. The van der Waals surface area contributed by atoms with Crippen LogP contribution < -0.4 is 4.18 Å². The maximum absolute atomic E-state index is 12.9. The van der Waals surface area contributed by atoms with Crippen molar-refractivity contribution in [3.63, 3.8) is 0 Å². The van der Waals surface area contributed by atoms with Gasteiger partial charge in [-0.15, -0.1) is 0 Å². The van der Waals surface area contributed by atoms with Gasteiger partial charge in [-0.2, -0.15) is 8.42 Å². The van der Waals surface area contributed by atoms with Gasteiger partial charge in [0.25, 0.3) is 0 Å². The van der Waals surface area contributed by atoms with E-state index in [2.05, 4.69) is 0 Å². The molecule has 160 valence electrons. The van der Waals surface area contributed by atoms with E-state index in [0.717, 1.165) is 31.4 Å². The first kappa shape index (κ1) is 21.2. The van der Waals surface area contributed by atoms with Gasteiger partial charge in [-0.3, -0.25) is 4.79 Å². The molecule has 0 radical (unpaired) electrons. The number of hydrogen-bond donors (Lipinski definition) is 0. The number of hydrogen-bond acceptors (Lipinski definition) is 4. The topological polar surface area (TPSA) is 63.7 Å². The van der Waals surface area contributed by atoms with Crippen molar-refractivity contribution in [1.29, 1.82) is 0 Å². The van der Waals surface area contributed by atoms with Gasteiger partial charge in [0.2, 0.25) is 5.91 Å². The highest BCUT2D eigenvalue weighted by atomic mass is 35.5. The van der Waals surface area contributed by atoms with Gasteiger partial charge < -0.3 is 9.08 Å². The molecule has 2 aliphatic carbocycles. The number of carbonyl (C=O) groups excluding carboxylic acids is 1. The van der Waals surface area contributed by atoms with Crippen LogP contribution in [0, 0.1) is 18.8 Å². The van der Waals surface area contributed by atoms with E-state index in [1.807, 2.05) is 11.0 Å². The van der Waals surface area contributed by atoms with Crippen molar-refractivity contribution in [2.45, 2.75) is 50.5 Å². The van der Waals surface area contributed by atoms with Gasteiger partial charge in [-0.05, 0) is 67.9 Å². The Morgan fingerprint density at radius 1 is 1.13 bits per heavy atom. The first-order valence-electron chi connectivity index (χ1n) is 10.4. The fourth-order valence-electron chi connectivity index (χ4n) is 3.78. The molecule has 30 heavy (non-hydrogen) atoms. The van der Waals surface area contributed by atoms with Crippen molar-refractivity contribution in [1.82, 2.24) is 4.90 Å². The van der Waals surface area contributed by atoms with Gasteiger partial charge in [0, 0.05) is 19.0 Å². The molecule has 2 fully saturated rings. The predicted octanol–water partition coefficient (Wildman–Crippen LogP) is 4.95. The Balaban J connectivity index is 1.52. The van der Waals surface area contributed by atoms with E-state index in [1.165, 1.54) is 18.9 Å². The monoisotopic (exact) mass is 447 g/mol. The maximum atomic E-state index is 12.9. The van der Waals surface area contributed by atoms with Crippen LogP contribution in [0.5, 0.6) is 5.75 Å². The zero-order valence-corrected chi connectivity index (χ0v) is 18.6. The van der Waals surface area contributed by atoms with Crippen molar-refractivity contribution in [3.05, 3.63) is 58.6 Å². The average molecular weight is 448 g/mol. The van der Waals surface area contributed by atoms with Gasteiger partial charge in [0.05, 0.1) is 5.02 Å². The van der Waals surface area contributed by atoms with E-state index >= 15 is 0 Å². The van der Waals surface area contributed by atoms with Crippen LogP contribution in [0.1, 0.15) is 43.2 Å². The summed E-state index contributed by atoms with van der Waals surface area (Å²) in [5, 5.41) is 0.132. The molecule has 0 unspecified atom stereocenters. The summed E-state index contributed by atoms with van der Waals surface area (Å²) in [6.45, 7) is 2.92. The van der Waals surface area contributed by atoms with Gasteiger partial charge in [0.15, 0.2) is 0 Å². The number of carbonyl (C=O) groups is 1. The van der Waals surface area contributed by atoms with E-state index < -0.39 is 10.1 Å². The minimum absolute atomic E-state index is 0.0207. The minimum Gasteiger partial charge on any atom is -0.379 e. The smallest absolute Gasteiger partial charge is 0.340 e. The molecule has 2 aliphatic rings. The zero-order valence-electron chi connectivity index (χ0n) is 17.0. The second kappa shape index (κ2) is 8.60. The molecule has 2 aromatic carbocycles. The van der Waals surface area contributed by atoms with E-state index in [-0.39, 0.29) is 27.5 Å². The third kappa shape index (κ3) is 4.81. The summed E-state index contributed by atoms with van der Waals surface area (Å²) in [5.74, 6) is 1.18. The quantitative estimate of drug-likeness (QED) is 0.537. The molecule has 0 heterocycles. The lowest BCUT2D eigenvalue weighted by Crippen LogP contribution is -2.39. The lowest BCUT2D eigenvalue weighted by atomic mass is 9.84. The molecule has 0 atom stereocenters. The number of rotatable bonds is 8. The van der Waals surface area contributed by atoms with Crippen LogP contribution in [-0.2, 0) is 21.5 Å². The van der Waals surface area contributed by atoms with Crippen LogP contribution in [-0.4, -0.2) is 25.8 Å².